The summed E-state index contributed by atoms with van der Waals surface area (Å²) in [5.74, 6) is 1.51. The molecule has 1 heterocycles. The molecule has 0 radical (unpaired) electrons. The fourth-order valence-electron chi connectivity index (χ4n) is 2.68. The number of carbonyl (C=O) groups excluding carboxylic acids is 1. The number of carbonyl (C=O) groups is 1. The monoisotopic (exact) mass is 378 g/mol. The van der Waals surface area contributed by atoms with E-state index >= 15 is 0 Å². The minimum atomic E-state index is -0.409. The number of nitrogens with one attached hydrogen (secondary N) is 2. The molecule has 2 N–H and O–H groups in total. The van der Waals surface area contributed by atoms with Crippen LogP contribution in [0.15, 0.2) is 60.8 Å². The molecule has 144 valence electrons. The van der Waals surface area contributed by atoms with Gasteiger partial charge in [-0.15, -0.1) is 0 Å². The van der Waals surface area contributed by atoms with Gasteiger partial charge < -0.3 is 20.1 Å². The van der Waals surface area contributed by atoms with E-state index in [1.165, 1.54) is 7.11 Å². The summed E-state index contributed by atoms with van der Waals surface area (Å²) in [4.78, 5) is 20.6. The lowest BCUT2D eigenvalue weighted by Crippen LogP contribution is -2.09. The van der Waals surface area contributed by atoms with Crippen LogP contribution in [0.3, 0.4) is 0 Å². The second-order valence-corrected chi connectivity index (χ2v) is 5.96. The molecule has 2 aromatic carbocycles. The molecule has 3 rings (SSSR count). The van der Waals surface area contributed by atoms with Crippen LogP contribution in [0.4, 0.5) is 17.5 Å². The molecule has 0 atom stereocenters. The number of nitrogens with zero attached hydrogens (tertiary/aromatic N) is 2. The van der Waals surface area contributed by atoms with E-state index in [9.17, 15) is 4.79 Å². The third kappa shape index (κ3) is 4.97. The Morgan fingerprint density at radius 2 is 1.93 bits per heavy atom. The second-order valence-electron chi connectivity index (χ2n) is 5.96. The van der Waals surface area contributed by atoms with Gasteiger partial charge in [0.25, 0.3) is 0 Å². The van der Waals surface area contributed by atoms with Gasteiger partial charge in [-0.1, -0.05) is 24.3 Å². The van der Waals surface area contributed by atoms with Crippen LogP contribution in [-0.4, -0.2) is 36.7 Å². The van der Waals surface area contributed by atoms with Gasteiger partial charge in [0.15, 0.2) is 0 Å². The number of hydrogen-bond acceptors (Lipinski definition) is 7. The zero-order chi connectivity index (χ0) is 19.8. The first-order chi connectivity index (χ1) is 13.7. The Kier molecular flexibility index (Phi) is 6.41. The summed E-state index contributed by atoms with van der Waals surface area (Å²) in [5, 5.41) is 6.35. The number of methoxy groups -OCH3 is 2. The fourth-order valence-corrected chi connectivity index (χ4v) is 2.68. The van der Waals surface area contributed by atoms with Crippen LogP contribution in [0.1, 0.15) is 15.9 Å². The number of hydrogen-bond donors (Lipinski definition) is 2. The van der Waals surface area contributed by atoms with Gasteiger partial charge in [-0.2, -0.15) is 4.98 Å². The molecule has 0 aliphatic carbocycles. The highest BCUT2D eigenvalue weighted by molar-refractivity contribution is 5.96. The van der Waals surface area contributed by atoms with Crippen molar-refractivity contribution < 1.29 is 14.3 Å². The Morgan fingerprint density at radius 3 is 2.75 bits per heavy atom. The Bertz CT molecular complexity index is 946. The fraction of sp³-hybridized carbons (Fsp3) is 0.190. The summed E-state index contributed by atoms with van der Waals surface area (Å²) in [6.45, 7) is 0.676. The molecule has 0 spiro atoms. The average molecular weight is 378 g/mol. The van der Waals surface area contributed by atoms with Crippen molar-refractivity contribution in [2.75, 3.05) is 31.4 Å². The van der Waals surface area contributed by atoms with Crippen LogP contribution in [0.5, 0.6) is 5.75 Å². The summed E-state index contributed by atoms with van der Waals surface area (Å²) in [7, 11) is 3.01. The van der Waals surface area contributed by atoms with Gasteiger partial charge in [-0.3, -0.25) is 0 Å². The maximum Gasteiger partial charge on any atom is 0.339 e. The predicted octanol–water partition coefficient (Wildman–Crippen LogP) is 3.67. The lowest BCUT2D eigenvalue weighted by atomic mass is 10.1. The number of para-hydroxylation sites is 1. The maximum atomic E-state index is 11.9. The van der Waals surface area contributed by atoms with Crippen molar-refractivity contribution in [1.82, 2.24) is 9.97 Å². The van der Waals surface area contributed by atoms with Crippen LogP contribution in [0.2, 0.25) is 0 Å². The topological polar surface area (TPSA) is 85.4 Å². The Morgan fingerprint density at radius 1 is 1.07 bits per heavy atom. The third-order valence-corrected chi connectivity index (χ3v) is 4.08. The summed E-state index contributed by atoms with van der Waals surface area (Å²) in [6, 6.07) is 16.8. The maximum absolute atomic E-state index is 11.9. The highest BCUT2D eigenvalue weighted by atomic mass is 16.5. The van der Waals surface area contributed by atoms with Crippen molar-refractivity contribution in [3.05, 3.63) is 71.9 Å². The summed E-state index contributed by atoms with van der Waals surface area (Å²) >= 11 is 0. The van der Waals surface area contributed by atoms with E-state index in [2.05, 4.69) is 20.6 Å². The SMILES string of the molecule is COC(=O)c1ccccc1Nc1ccnc(NCCc2cccc(OC)c2)n1. The smallest absolute Gasteiger partial charge is 0.339 e. The largest absolute Gasteiger partial charge is 0.497 e. The second kappa shape index (κ2) is 9.36. The molecule has 0 aliphatic heterocycles. The lowest BCUT2D eigenvalue weighted by molar-refractivity contribution is 0.0602. The van der Waals surface area contributed by atoms with Crippen molar-refractivity contribution in [2.45, 2.75) is 6.42 Å². The van der Waals surface area contributed by atoms with E-state index in [1.54, 1.807) is 37.6 Å². The molecule has 0 bridgehead atoms. The first kappa shape index (κ1) is 19.2. The Labute approximate surface area is 163 Å². The van der Waals surface area contributed by atoms with Gasteiger partial charge in [-0.05, 0) is 42.3 Å². The highest BCUT2D eigenvalue weighted by Gasteiger charge is 2.11. The van der Waals surface area contributed by atoms with Crippen LogP contribution in [-0.2, 0) is 11.2 Å². The van der Waals surface area contributed by atoms with Crippen LogP contribution >= 0.6 is 0 Å². The van der Waals surface area contributed by atoms with Crippen molar-refractivity contribution >= 4 is 23.4 Å². The number of anilines is 3. The summed E-state index contributed by atoms with van der Waals surface area (Å²) in [5.41, 5.74) is 2.22. The van der Waals surface area contributed by atoms with Crippen LogP contribution in [0, 0.1) is 0 Å². The minimum Gasteiger partial charge on any atom is -0.497 e. The van der Waals surface area contributed by atoms with Crippen molar-refractivity contribution in [1.29, 1.82) is 0 Å². The van der Waals surface area contributed by atoms with Gasteiger partial charge >= 0.3 is 5.97 Å². The molecule has 3 aromatic rings. The van der Waals surface area contributed by atoms with Crippen LogP contribution < -0.4 is 15.4 Å². The zero-order valence-corrected chi connectivity index (χ0v) is 15.8. The lowest BCUT2D eigenvalue weighted by Gasteiger charge is -2.11. The normalized spacial score (nSPS) is 10.2. The van der Waals surface area contributed by atoms with E-state index in [-0.39, 0.29) is 0 Å². The molecule has 28 heavy (non-hydrogen) atoms. The summed E-state index contributed by atoms with van der Waals surface area (Å²) < 4.78 is 10.1. The van der Waals surface area contributed by atoms with Crippen molar-refractivity contribution in [2.24, 2.45) is 0 Å². The third-order valence-electron chi connectivity index (χ3n) is 4.08. The molecule has 7 nitrogen and oxygen atoms in total. The highest BCUT2D eigenvalue weighted by Crippen LogP contribution is 2.21. The Hall–Kier alpha value is -3.61. The van der Waals surface area contributed by atoms with E-state index in [1.807, 2.05) is 30.3 Å². The van der Waals surface area contributed by atoms with E-state index < -0.39 is 5.97 Å². The predicted molar refractivity (Wildman–Crippen MR) is 108 cm³/mol. The van der Waals surface area contributed by atoms with Gasteiger partial charge in [-0.25, -0.2) is 9.78 Å². The molecule has 1 aromatic heterocycles. The summed E-state index contributed by atoms with van der Waals surface area (Å²) in [6.07, 6.45) is 2.47. The molecule has 0 fully saturated rings. The zero-order valence-electron chi connectivity index (χ0n) is 15.8. The minimum absolute atomic E-state index is 0.409. The number of ether oxygens (including phenoxy) is 2. The number of rotatable bonds is 8. The van der Waals surface area contributed by atoms with Crippen LogP contribution in [0.25, 0.3) is 0 Å². The molecule has 0 saturated heterocycles. The van der Waals surface area contributed by atoms with Crippen molar-refractivity contribution in [3.8, 4) is 5.75 Å². The number of esters is 1. The van der Waals surface area contributed by atoms with Gasteiger partial charge in [0.1, 0.15) is 11.6 Å². The molecule has 7 heteroatoms. The molecular formula is C21H22N4O3. The van der Waals surface area contributed by atoms with E-state index in [4.69, 9.17) is 9.47 Å². The number of benzene rings is 2. The van der Waals surface area contributed by atoms with Gasteiger partial charge in [0.05, 0.1) is 25.5 Å². The molecule has 0 unspecified atom stereocenters. The average Bonchev–Trinajstić information content (AvgIpc) is 2.74. The molecule has 0 aliphatic rings. The quantitative estimate of drug-likeness (QED) is 0.579. The number of aromatic nitrogens is 2. The van der Waals surface area contributed by atoms with E-state index in [0.29, 0.717) is 29.6 Å². The van der Waals surface area contributed by atoms with Gasteiger partial charge in [0, 0.05) is 12.7 Å². The first-order valence-corrected chi connectivity index (χ1v) is 8.84. The Balaban J connectivity index is 1.64. The standard InChI is InChI=1S/C21H22N4O3/c1-27-16-7-5-6-15(14-16)10-12-22-21-23-13-11-19(25-21)24-18-9-4-3-8-17(18)20(26)28-2/h3-9,11,13-14H,10,12H2,1-2H3,(H2,22,23,24,25). The van der Waals surface area contributed by atoms with E-state index in [0.717, 1.165) is 17.7 Å². The molecule has 0 saturated carbocycles. The molecule has 0 amide bonds. The first-order valence-electron chi connectivity index (χ1n) is 8.84. The van der Waals surface area contributed by atoms with Crippen molar-refractivity contribution in [3.63, 3.8) is 0 Å². The molecular weight excluding hydrogens is 356 g/mol. The van der Waals surface area contributed by atoms with Gasteiger partial charge in [0.2, 0.25) is 5.95 Å².